The highest BCUT2D eigenvalue weighted by Gasteiger charge is 2.56. The molecule has 5 rings (SSSR count). The molecule has 3 atom stereocenters. The van der Waals surface area contributed by atoms with E-state index in [1.807, 2.05) is 0 Å². The Bertz CT molecular complexity index is 622. The summed E-state index contributed by atoms with van der Waals surface area (Å²) in [6, 6.07) is 11.8. The van der Waals surface area contributed by atoms with Crippen LogP contribution in [0.5, 0.6) is 0 Å². The van der Waals surface area contributed by atoms with Gasteiger partial charge in [-0.25, -0.2) is 0 Å². The van der Waals surface area contributed by atoms with Gasteiger partial charge in [0.15, 0.2) is 0 Å². The summed E-state index contributed by atoms with van der Waals surface area (Å²) < 4.78 is 1.20. The van der Waals surface area contributed by atoms with Gasteiger partial charge in [-0.1, -0.05) is 18.2 Å². The Morgan fingerprint density at radius 2 is 1.75 bits per heavy atom. The van der Waals surface area contributed by atoms with E-state index >= 15 is 0 Å². The van der Waals surface area contributed by atoms with Crippen LogP contribution in [0.15, 0.2) is 24.3 Å². The Morgan fingerprint density at radius 1 is 1.08 bits per heavy atom. The number of hydrogen-bond acceptors (Lipinski definition) is 2. The number of likely N-dealkylation sites (tertiary alicyclic amines) is 1. The maximum atomic E-state index is 3.85. The lowest BCUT2D eigenvalue weighted by Gasteiger charge is -2.45. The van der Waals surface area contributed by atoms with Gasteiger partial charge in [0.25, 0.3) is 0 Å². The standard InChI is InChI=1S/C21H32N3/c1-23-11-9-21(10-12-23)15-24(2,20-6-4-3-5-19(20)21)18-13-16-7-8-17(14-18)22-16/h3-6,16-18,22H,7-15H2,1-2H3/q+1. The van der Waals surface area contributed by atoms with Crippen LogP contribution < -0.4 is 9.80 Å². The molecule has 3 unspecified atom stereocenters. The van der Waals surface area contributed by atoms with Crippen molar-refractivity contribution in [2.24, 2.45) is 0 Å². The summed E-state index contributed by atoms with van der Waals surface area (Å²) in [5.74, 6) is 0. The first-order valence-corrected chi connectivity index (χ1v) is 9.99. The predicted molar refractivity (Wildman–Crippen MR) is 100 cm³/mol. The molecule has 3 heteroatoms. The van der Waals surface area contributed by atoms with Gasteiger partial charge < -0.3 is 10.2 Å². The van der Waals surface area contributed by atoms with E-state index in [1.165, 1.54) is 62.6 Å². The fourth-order valence-electron chi connectivity index (χ4n) is 6.46. The number of para-hydroxylation sites is 1. The van der Waals surface area contributed by atoms with Crippen LogP contribution in [0, 0.1) is 0 Å². The van der Waals surface area contributed by atoms with Gasteiger partial charge in [-0.3, -0.25) is 4.48 Å². The van der Waals surface area contributed by atoms with Gasteiger partial charge in [0.1, 0.15) is 5.69 Å². The largest absolute Gasteiger partial charge is 0.311 e. The molecule has 24 heavy (non-hydrogen) atoms. The third kappa shape index (κ3) is 2.14. The molecule has 0 aliphatic carbocycles. The molecule has 0 saturated carbocycles. The monoisotopic (exact) mass is 326 g/mol. The predicted octanol–water partition coefficient (Wildman–Crippen LogP) is 2.88. The summed E-state index contributed by atoms with van der Waals surface area (Å²) in [6.07, 6.45) is 8.23. The lowest BCUT2D eigenvalue weighted by molar-refractivity contribution is 0.126. The smallest absolute Gasteiger partial charge is 0.136 e. The molecule has 3 saturated heterocycles. The van der Waals surface area contributed by atoms with Crippen LogP contribution in [0.4, 0.5) is 5.69 Å². The van der Waals surface area contributed by atoms with E-state index in [1.54, 1.807) is 11.3 Å². The molecule has 4 aliphatic heterocycles. The quantitative estimate of drug-likeness (QED) is 0.798. The minimum atomic E-state index is 0.432. The van der Waals surface area contributed by atoms with Crippen molar-refractivity contribution in [1.29, 1.82) is 0 Å². The van der Waals surface area contributed by atoms with Crippen LogP contribution in [0.25, 0.3) is 0 Å². The van der Waals surface area contributed by atoms with Crippen molar-refractivity contribution in [2.45, 2.75) is 62.1 Å². The van der Waals surface area contributed by atoms with E-state index in [9.17, 15) is 0 Å². The minimum absolute atomic E-state index is 0.432. The molecule has 1 aromatic carbocycles. The number of quaternary nitrogens is 1. The zero-order chi connectivity index (χ0) is 16.4. The van der Waals surface area contributed by atoms with Crippen LogP contribution in [0.3, 0.4) is 0 Å². The molecule has 1 aromatic rings. The third-order valence-corrected chi connectivity index (χ3v) is 7.86. The number of fused-ring (bicyclic) bond motifs is 4. The summed E-state index contributed by atoms with van der Waals surface area (Å²) in [5.41, 5.74) is 3.77. The summed E-state index contributed by atoms with van der Waals surface area (Å²) in [7, 11) is 4.84. The van der Waals surface area contributed by atoms with Crippen molar-refractivity contribution in [1.82, 2.24) is 14.7 Å². The molecule has 0 amide bonds. The average molecular weight is 327 g/mol. The molecular weight excluding hydrogens is 294 g/mol. The fraction of sp³-hybridized carbons (Fsp3) is 0.714. The van der Waals surface area contributed by atoms with Gasteiger partial charge >= 0.3 is 0 Å². The van der Waals surface area contributed by atoms with Crippen LogP contribution in [-0.4, -0.2) is 56.8 Å². The number of benzene rings is 1. The van der Waals surface area contributed by atoms with Crippen molar-refractivity contribution in [3.05, 3.63) is 29.8 Å². The second-order valence-corrected chi connectivity index (χ2v) is 9.29. The Morgan fingerprint density at radius 3 is 2.46 bits per heavy atom. The van der Waals surface area contributed by atoms with Gasteiger partial charge in [-0.05, 0) is 51.9 Å². The maximum absolute atomic E-state index is 3.85. The van der Waals surface area contributed by atoms with Crippen molar-refractivity contribution in [3.8, 4) is 0 Å². The van der Waals surface area contributed by atoms with E-state index in [2.05, 4.69) is 48.6 Å². The maximum Gasteiger partial charge on any atom is 0.136 e. The van der Waals surface area contributed by atoms with Crippen molar-refractivity contribution in [3.63, 3.8) is 0 Å². The van der Waals surface area contributed by atoms with Gasteiger partial charge in [0.2, 0.25) is 0 Å². The number of nitrogens with one attached hydrogen (secondary N) is 1. The van der Waals surface area contributed by atoms with E-state index in [4.69, 9.17) is 0 Å². The van der Waals surface area contributed by atoms with E-state index in [-0.39, 0.29) is 0 Å². The molecule has 1 N–H and O–H groups in total. The number of hydrogen-bond donors (Lipinski definition) is 1. The average Bonchev–Trinajstić information content (AvgIpc) is 3.07. The zero-order valence-electron chi connectivity index (χ0n) is 15.3. The molecule has 130 valence electrons. The van der Waals surface area contributed by atoms with Crippen molar-refractivity contribution < 1.29 is 0 Å². The van der Waals surface area contributed by atoms with Crippen molar-refractivity contribution in [2.75, 3.05) is 33.7 Å². The molecule has 1 spiro atoms. The Labute approximate surface area is 146 Å². The normalized spacial score (nSPS) is 40.8. The first-order valence-electron chi connectivity index (χ1n) is 9.99. The lowest BCUT2D eigenvalue weighted by Crippen LogP contribution is -2.60. The van der Waals surface area contributed by atoms with E-state index < -0.39 is 0 Å². The van der Waals surface area contributed by atoms with Crippen LogP contribution in [-0.2, 0) is 5.41 Å². The molecule has 4 aliphatic rings. The second kappa shape index (κ2) is 5.30. The highest BCUT2D eigenvalue weighted by molar-refractivity contribution is 5.60. The third-order valence-electron chi connectivity index (χ3n) is 7.86. The topological polar surface area (TPSA) is 15.3 Å². The van der Waals surface area contributed by atoms with E-state index in [0.29, 0.717) is 5.41 Å². The van der Waals surface area contributed by atoms with Crippen LogP contribution in [0.1, 0.15) is 44.1 Å². The minimum Gasteiger partial charge on any atom is -0.311 e. The Kier molecular flexibility index (Phi) is 3.39. The number of likely N-dealkylation sites (N-methyl/N-ethyl adjacent to an activating group) is 1. The summed E-state index contributed by atoms with van der Waals surface area (Å²) in [5, 5.41) is 3.85. The highest BCUT2D eigenvalue weighted by Crippen LogP contribution is 2.52. The Balaban J connectivity index is 1.53. The first-order chi connectivity index (χ1) is 11.6. The van der Waals surface area contributed by atoms with Gasteiger partial charge in [-0.15, -0.1) is 0 Å². The second-order valence-electron chi connectivity index (χ2n) is 9.29. The number of nitrogens with zero attached hydrogens (tertiary/aromatic N) is 2. The molecule has 2 bridgehead atoms. The van der Waals surface area contributed by atoms with Crippen LogP contribution >= 0.6 is 0 Å². The van der Waals surface area contributed by atoms with Gasteiger partial charge in [-0.2, -0.15) is 0 Å². The van der Waals surface area contributed by atoms with Crippen molar-refractivity contribution >= 4 is 5.69 Å². The Hall–Kier alpha value is -0.900. The first kappa shape index (κ1) is 15.4. The number of rotatable bonds is 1. The fourth-order valence-corrected chi connectivity index (χ4v) is 6.46. The highest BCUT2D eigenvalue weighted by atomic mass is 15.4. The summed E-state index contributed by atoms with van der Waals surface area (Å²) >= 11 is 0. The molecule has 4 heterocycles. The van der Waals surface area contributed by atoms with Gasteiger partial charge in [0.05, 0.1) is 25.0 Å². The number of piperidine rings is 2. The zero-order valence-corrected chi connectivity index (χ0v) is 15.3. The molecular formula is C21H32N3+. The SMILES string of the molecule is CN1CCC2(CC1)C[N+](C)(C1CC3CCC(C1)N3)c1ccccc12. The molecule has 3 nitrogen and oxygen atoms in total. The molecule has 0 radical (unpaired) electrons. The van der Waals surface area contributed by atoms with Gasteiger partial charge in [0, 0.05) is 30.5 Å². The van der Waals surface area contributed by atoms with E-state index in [0.717, 1.165) is 18.1 Å². The summed E-state index contributed by atoms with van der Waals surface area (Å²) in [6.45, 7) is 3.85. The molecule has 3 fully saturated rings. The molecule has 0 aromatic heterocycles. The summed E-state index contributed by atoms with van der Waals surface area (Å²) in [4.78, 5) is 2.52. The lowest BCUT2D eigenvalue weighted by atomic mass is 9.74. The van der Waals surface area contributed by atoms with Crippen LogP contribution in [0.2, 0.25) is 0 Å².